The molecule has 0 aliphatic carbocycles. The fourth-order valence-electron chi connectivity index (χ4n) is 2.62. The third kappa shape index (κ3) is 3.31. The Labute approximate surface area is 132 Å². The number of rotatable bonds is 4. The minimum absolute atomic E-state index is 0.00460. The Morgan fingerprint density at radius 2 is 1.96 bits per heavy atom. The van der Waals surface area contributed by atoms with Gasteiger partial charge in [0.2, 0.25) is 0 Å². The zero-order valence-corrected chi connectivity index (χ0v) is 12.5. The Bertz CT molecular complexity index is 715. The zero-order chi connectivity index (χ0) is 16.2. The van der Waals surface area contributed by atoms with Crippen LogP contribution in [0.25, 0.3) is 0 Å². The monoisotopic (exact) mass is 318 g/mol. The molecule has 0 unspecified atom stereocenters. The molecule has 0 amide bonds. The molecule has 0 saturated carbocycles. The van der Waals surface area contributed by atoms with Crippen LogP contribution in [0.3, 0.4) is 0 Å². The molecule has 2 heterocycles. The van der Waals surface area contributed by atoms with E-state index in [1.165, 1.54) is 12.1 Å². The van der Waals surface area contributed by atoms with E-state index >= 15 is 0 Å². The molecule has 6 heteroatoms. The van der Waals surface area contributed by atoms with E-state index in [0.717, 1.165) is 32.0 Å². The average Bonchev–Trinajstić information content (AvgIpc) is 3.10. The number of nitrogens with zero attached hydrogens (tertiary/aromatic N) is 2. The normalized spacial score (nSPS) is 14.1. The smallest absolute Gasteiger partial charge is 0.342 e. The molecule has 0 atom stereocenters. The van der Waals surface area contributed by atoms with Crippen LogP contribution in [0.4, 0.5) is 14.6 Å². The zero-order valence-electron chi connectivity index (χ0n) is 12.5. The first kappa shape index (κ1) is 15.4. The van der Waals surface area contributed by atoms with Crippen LogP contribution in [0.1, 0.15) is 28.8 Å². The predicted molar refractivity (Wildman–Crippen MR) is 81.2 cm³/mol. The number of ether oxygens (including phenoxy) is 1. The Hall–Kier alpha value is -2.50. The lowest BCUT2D eigenvalue weighted by Gasteiger charge is -2.19. The lowest BCUT2D eigenvalue weighted by molar-refractivity contribution is 0.0468. The topological polar surface area (TPSA) is 42.4 Å². The quantitative estimate of drug-likeness (QED) is 0.811. The van der Waals surface area contributed by atoms with Crippen molar-refractivity contribution >= 4 is 11.8 Å². The molecule has 1 saturated heterocycles. The van der Waals surface area contributed by atoms with Gasteiger partial charge in [-0.3, -0.25) is 0 Å². The van der Waals surface area contributed by atoms with E-state index in [4.69, 9.17) is 4.74 Å². The van der Waals surface area contributed by atoms with Crippen LogP contribution in [0.15, 0.2) is 36.5 Å². The van der Waals surface area contributed by atoms with Crippen LogP contribution in [0.5, 0.6) is 0 Å². The van der Waals surface area contributed by atoms with Crippen molar-refractivity contribution in [3.63, 3.8) is 0 Å². The summed E-state index contributed by atoms with van der Waals surface area (Å²) < 4.78 is 31.9. The number of benzene rings is 1. The molecule has 0 radical (unpaired) electrons. The van der Waals surface area contributed by atoms with E-state index in [-0.39, 0.29) is 12.2 Å². The van der Waals surface area contributed by atoms with Crippen molar-refractivity contribution in [2.45, 2.75) is 19.4 Å². The summed E-state index contributed by atoms with van der Waals surface area (Å²) in [5, 5.41) is 0. The van der Waals surface area contributed by atoms with Crippen LogP contribution in [0, 0.1) is 11.6 Å². The minimum Gasteiger partial charge on any atom is -0.457 e. The van der Waals surface area contributed by atoms with Gasteiger partial charge < -0.3 is 9.64 Å². The second-order valence-corrected chi connectivity index (χ2v) is 5.36. The van der Waals surface area contributed by atoms with Crippen molar-refractivity contribution < 1.29 is 18.3 Å². The molecule has 1 aliphatic heterocycles. The molecule has 3 rings (SSSR count). The van der Waals surface area contributed by atoms with E-state index in [0.29, 0.717) is 11.4 Å². The summed E-state index contributed by atoms with van der Waals surface area (Å²) in [5.41, 5.74) is 0.344. The van der Waals surface area contributed by atoms with Crippen molar-refractivity contribution in [2.75, 3.05) is 18.0 Å². The fourth-order valence-corrected chi connectivity index (χ4v) is 2.62. The molecule has 0 bridgehead atoms. The van der Waals surface area contributed by atoms with E-state index < -0.39 is 17.6 Å². The van der Waals surface area contributed by atoms with Gasteiger partial charge in [0.1, 0.15) is 18.0 Å². The van der Waals surface area contributed by atoms with Gasteiger partial charge in [0.15, 0.2) is 11.6 Å². The van der Waals surface area contributed by atoms with Gasteiger partial charge in [-0.05, 0) is 31.0 Å². The number of hydrogen-bond donors (Lipinski definition) is 0. The number of esters is 1. The molecule has 1 aromatic carbocycles. The van der Waals surface area contributed by atoms with Gasteiger partial charge in [-0.25, -0.2) is 18.6 Å². The maximum atomic E-state index is 13.6. The van der Waals surface area contributed by atoms with Gasteiger partial charge in [-0.15, -0.1) is 0 Å². The summed E-state index contributed by atoms with van der Waals surface area (Å²) in [6.07, 6.45) is 3.73. The number of hydrogen-bond acceptors (Lipinski definition) is 4. The average molecular weight is 318 g/mol. The first-order valence-corrected chi connectivity index (χ1v) is 7.47. The highest BCUT2D eigenvalue weighted by atomic mass is 19.2. The second kappa shape index (κ2) is 6.73. The van der Waals surface area contributed by atoms with Gasteiger partial charge in [0.25, 0.3) is 0 Å². The van der Waals surface area contributed by atoms with Gasteiger partial charge in [-0.2, -0.15) is 0 Å². The summed E-state index contributed by atoms with van der Waals surface area (Å²) in [4.78, 5) is 18.6. The molecule has 4 nitrogen and oxygen atoms in total. The van der Waals surface area contributed by atoms with Crippen molar-refractivity contribution in [1.82, 2.24) is 4.98 Å². The molecule has 0 spiro atoms. The van der Waals surface area contributed by atoms with Gasteiger partial charge in [0, 0.05) is 24.8 Å². The van der Waals surface area contributed by atoms with Crippen molar-refractivity contribution in [3.8, 4) is 0 Å². The largest absolute Gasteiger partial charge is 0.457 e. The third-order valence-electron chi connectivity index (χ3n) is 3.80. The summed E-state index contributed by atoms with van der Waals surface area (Å²) in [7, 11) is 0. The molecule has 1 aromatic heterocycles. The van der Waals surface area contributed by atoms with E-state index in [9.17, 15) is 13.6 Å². The molecular formula is C17H16F2N2O2. The fraction of sp³-hybridized carbons (Fsp3) is 0.294. The maximum Gasteiger partial charge on any atom is 0.342 e. The highest BCUT2D eigenvalue weighted by molar-refractivity contribution is 5.94. The Morgan fingerprint density at radius 3 is 2.74 bits per heavy atom. The highest BCUT2D eigenvalue weighted by Crippen LogP contribution is 2.23. The molecule has 1 aliphatic rings. The summed E-state index contributed by atoms with van der Waals surface area (Å²) >= 11 is 0. The third-order valence-corrected chi connectivity index (χ3v) is 3.80. The number of pyridine rings is 1. The second-order valence-electron chi connectivity index (χ2n) is 5.36. The van der Waals surface area contributed by atoms with Gasteiger partial charge in [-0.1, -0.05) is 12.1 Å². The van der Waals surface area contributed by atoms with Crippen molar-refractivity contribution in [1.29, 1.82) is 0 Å². The number of carbonyl (C=O) groups excluding carboxylic acids is 1. The summed E-state index contributed by atoms with van der Waals surface area (Å²) in [6, 6.07) is 7.06. The number of aromatic nitrogens is 1. The first-order chi connectivity index (χ1) is 11.2. The van der Waals surface area contributed by atoms with Gasteiger partial charge in [0.05, 0.1) is 0 Å². The SMILES string of the molecule is O=C(OCc1cccc(F)c1F)c1cccnc1N1CCCC1. The molecule has 23 heavy (non-hydrogen) atoms. The highest BCUT2D eigenvalue weighted by Gasteiger charge is 2.21. The van der Waals surface area contributed by atoms with Crippen LogP contribution in [-0.2, 0) is 11.3 Å². The van der Waals surface area contributed by atoms with E-state index in [1.54, 1.807) is 18.3 Å². The summed E-state index contributed by atoms with van der Waals surface area (Å²) in [6.45, 7) is 1.36. The molecule has 1 fully saturated rings. The van der Waals surface area contributed by atoms with Crippen molar-refractivity contribution in [3.05, 3.63) is 59.3 Å². The lowest BCUT2D eigenvalue weighted by Crippen LogP contribution is -2.22. The molecule has 2 aromatic rings. The molecule has 0 N–H and O–H groups in total. The predicted octanol–water partition coefficient (Wildman–Crippen LogP) is 3.32. The van der Waals surface area contributed by atoms with E-state index in [2.05, 4.69) is 4.98 Å². The van der Waals surface area contributed by atoms with Crippen molar-refractivity contribution in [2.24, 2.45) is 0 Å². The Kier molecular flexibility index (Phi) is 4.50. The van der Waals surface area contributed by atoms with Gasteiger partial charge >= 0.3 is 5.97 Å². The number of anilines is 1. The lowest BCUT2D eigenvalue weighted by atomic mass is 10.2. The number of halogens is 2. The van der Waals surface area contributed by atoms with E-state index in [1.807, 2.05) is 4.90 Å². The minimum atomic E-state index is -0.994. The summed E-state index contributed by atoms with van der Waals surface area (Å²) in [5.74, 6) is -1.97. The molecule has 120 valence electrons. The Morgan fingerprint density at radius 1 is 1.17 bits per heavy atom. The van der Waals surface area contributed by atoms with Crippen LogP contribution in [0.2, 0.25) is 0 Å². The Balaban J connectivity index is 1.75. The van der Waals surface area contributed by atoms with Crippen LogP contribution in [-0.4, -0.2) is 24.0 Å². The molecular weight excluding hydrogens is 302 g/mol. The number of carbonyl (C=O) groups is 1. The van der Waals surface area contributed by atoms with Crippen LogP contribution < -0.4 is 4.90 Å². The van der Waals surface area contributed by atoms with Crippen LogP contribution >= 0.6 is 0 Å². The maximum absolute atomic E-state index is 13.6. The standard InChI is InChI=1S/C17H16F2N2O2/c18-14-7-3-5-12(15(14)19)11-23-17(22)13-6-4-8-20-16(13)21-9-1-2-10-21/h3-8H,1-2,9-11H2. The first-order valence-electron chi connectivity index (χ1n) is 7.47.